The molecule has 0 aliphatic rings. The molecule has 0 aliphatic carbocycles. The van der Waals surface area contributed by atoms with Gasteiger partial charge in [0.1, 0.15) is 0 Å². The Morgan fingerprint density at radius 2 is 1.73 bits per heavy atom. The van der Waals surface area contributed by atoms with Crippen molar-refractivity contribution in [2.45, 2.75) is 33.7 Å². The molecule has 0 aliphatic heterocycles. The Morgan fingerprint density at radius 1 is 1.04 bits per heavy atom. The number of hydrogen-bond acceptors (Lipinski definition) is 3. The third kappa shape index (κ3) is 2.03. The molecule has 0 amide bonds. The Balaban J connectivity index is 2.22. The molecule has 7 heteroatoms. The molecule has 1 aromatic carbocycles. The van der Waals surface area contributed by atoms with Crippen LogP contribution >= 0.6 is 0 Å². The number of hydrogen-bond donors (Lipinski definition) is 0. The van der Waals surface area contributed by atoms with Crippen LogP contribution in [0.15, 0.2) is 39.9 Å². The summed E-state index contributed by atoms with van der Waals surface area (Å²) < 4.78 is 6.64. The van der Waals surface area contributed by atoms with Gasteiger partial charge in [-0.15, -0.1) is 0 Å². The Labute approximate surface area is 149 Å². The van der Waals surface area contributed by atoms with E-state index in [0.717, 1.165) is 17.1 Å². The summed E-state index contributed by atoms with van der Waals surface area (Å²) in [7, 11) is 1.66. The molecule has 3 aromatic heterocycles. The van der Waals surface area contributed by atoms with Crippen molar-refractivity contribution >= 4 is 16.9 Å². The lowest BCUT2D eigenvalue weighted by Gasteiger charge is -2.07. The summed E-state index contributed by atoms with van der Waals surface area (Å²) >= 11 is 0. The first-order chi connectivity index (χ1) is 12.5. The van der Waals surface area contributed by atoms with Gasteiger partial charge in [0.2, 0.25) is 5.78 Å². The molecule has 26 heavy (non-hydrogen) atoms. The van der Waals surface area contributed by atoms with Gasteiger partial charge in [0.25, 0.3) is 5.56 Å². The first-order valence-electron chi connectivity index (χ1n) is 8.72. The molecule has 0 radical (unpaired) electrons. The molecule has 0 unspecified atom stereocenters. The summed E-state index contributed by atoms with van der Waals surface area (Å²) in [5.41, 5.74) is 3.16. The molecular formula is C19H21N5O2. The molecule has 0 N–H and O–H groups in total. The van der Waals surface area contributed by atoms with E-state index in [9.17, 15) is 9.59 Å². The normalized spacial score (nSPS) is 11.7. The molecule has 0 bridgehead atoms. The van der Waals surface area contributed by atoms with E-state index in [2.05, 4.69) is 4.98 Å². The number of nitrogens with zero attached hydrogens (tertiary/aromatic N) is 5. The molecule has 3 heterocycles. The monoisotopic (exact) mass is 351 g/mol. The molecule has 0 atom stereocenters. The lowest BCUT2D eigenvalue weighted by atomic mass is 10.3. The van der Waals surface area contributed by atoms with Crippen LogP contribution in [-0.2, 0) is 13.6 Å². The van der Waals surface area contributed by atoms with Crippen LogP contribution in [0.3, 0.4) is 0 Å². The van der Waals surface area contributed by atoms with Crippen LogP contribution in [0.4, 0.5) is 0 Å². The van der Waals surface area contributed by atoms with Gasteiger partial charge in [-0.25, -0.2) is 4.79 Å². The number of aromatic nitrogens is 5. The van der Waals surface area contributed by atoms with E-state index in [1.165, 1.54) is 9.13 Å². The maximum atomic E-state index is 13.1. The lowest BCUT2D eigenvalue weighted by molar-refractivity contribution is 0.592. The minimum Gasteiger partial charge on any atom is -0.283 e. The lowest BCUT2D eigenvalue weighted by Crippen LogP contribution is -2.39. The van der Waals surface area contributed by atoms with Crippen LogP contribution < -0.4 is 11.2 Å². The molecule has 134 valence electrons. The second kappa shape index (κ2) is 5.72. The Hall–Kier alpha value is -3.09. The highest BCUT2D eigenvalue weighted by Crippen LogP contribution is 2.24. The van der Waals surface area contributed by atoms with Crippen molar-refractivity contribution in [2.75, 3.05) is 0 Å². The zero-order valence-electron chi connectivity index (χ0n) is 15.4. The predicted octanol–water partition coefficient (Wildman–Crippen LogP) is 2.17. The average molecular weight is 351 g/mol. The summed E-state index contributed by atoms with van der Waals surface area (Å²) in [5, 5.41) is 0. The minimum atomic E-state index is -0.328. The van der Waals surface area contributed by atoms with Crippen LogP contribution in [-0.4, -0.2) is 23.1 Å². The van der Waals surface area contributed by atoms with Gasteiger partial charge in [0.05, 0.1) is 0 Å². The zero-order chi connectivity index (χ0) is 18.6. The van der Waals surface area contributed by atoms with Crippen LogP contribution in [0.2, 0.25) is 0 Å². The molecule has 4 aromatic rings. The SMILES string of the molecule is CCCn1c(=O)c2c(nc3n(-c4ccccc4)c(C)c(C)n23)n(C)c1=O. The standard InChI is InChI=1S/C19H21N5O2/c1-5-11-22-17(25)15-16(21(4)19(22)26)20-18-23(12(2)13(3)24(15)18)14-9-7-6-8-10-14/h6-10H,5,11H2,1-4H3. The highest BCUT2D eigenvalue weighted by Gasteiger charge is 2.22. The van der Waals surface area contributed by atoms with Crippen LogP contribution in [0, 0.1) is 13.8 Å². The zero-order valence-corrected chi connectivity index (χ0v) is 15.4. The van der Waals surface area contributed by atoms with Gasteiger partial charge in [-0.1, -0.05) is 25.1 Å². The second-order valence-electron chi connectivity index (χ2n) is 6.56. The molecule has 7 nitrogen and oxygen atoms in total. The van der Waals surface area contributed by atoms with Gasteiger partial charge >= 0.3 is 5.69 Å². The first kappa shape index (κ1) is 16.4. The van der Waals surface area contributed by atoms with Crippen molar-refractivity contribution in [2.24, 2.45) is 7.05 Å². The van der Waals surface area contributed by atoms with E-state index >= 15 is 0 Å². The van der Waals surface area contributed by atoms with Gasteiger partial charge in [-0.3, -0.25) is 22.9 Å². The first-order valence-corrected chi connectivity index (χ1v) is 8.72. The fraction of sp³-hybridized carbons (Fsp3) is 0.316. The van der Waals surface area contributed by atoms with E-state index in [-0.39, 0.29) is 11.2 Å². The van der Waals surface area contributed by atoms with Crippen LogP contribution in [0.25, 0.3) is 22.6 Å². The molecule has 0 saturated carbocycles. The summed E-state index contributed by atoms with van der Waals surface area (Å²) in [4.78, 5) is 30.3. The van der Waals surface area contributed by atoms with E-state index in [1.807, 2.05) is 60.1 Å². The van der Waals surface area contributed by atoms with Crippen LogP contribution in [0.5, 0.6) is 0 Å². The Kier molecular flexibility index (Phi) is 3.61. The Bertz CT molecular complexity index is 1260. The number of benzene rings is 1. The van der Waals surface area contributed by atoms with E-state index in [4.69, 9.17) is 0 Å². The van der Waals surface area contributed by atoms with Gasteiger partial charge in [0.15, 0.2) is 11.2 Å². The van der Waals surface area contributed by atoms with Gasteiger partial charge < -0.3 is 0 Å². The van der Waals surface area contributed by atoms with Crippen molar-refractivity contribution in [1.29, 1.82) is 0 Å². The third-order valence-corrected chi connectivity index (χ3v) is 4.98. The van der Waals surface area contributed by atoms with E-state index < -0.39 is 0 Å². The number of rotatable bonds is 3. The van der Waals surface area contributed by atoms with E-state index in [1.54, 1.807) is 7.05 Å². The third-order valence-electron chi connectivity index (χ3n) is 4.98. The van der Waals surface area contributed by atoms with Crippen LogP contribution in [0.1, 0.15) is 24.7 Å². The molecule has 4 rings (SSSR count). The average Bonchev–Trinajstić information content (AvgIpc) is 3.14. The van der Waals surface area contributed by atoms with Crippen molar-refractivity contribution in [1.82, 2.24) is 23.1 Å². The number of fused-ring (bicyclic) bond motifs is 3. The molecule has 0 fully saturated rings. The second-order valence-corrected chi connectivity index (χ2v) is 6.56. The quantitative estimate of drug-likeness (QED) is 0.568. The molecule has 0 spiro atoms. The fourth-order valence-corrected chi connectivity index (χ4v) is 3.56. The van der Waals surface area contributed by atoms with E-state index in [0.29, 0.717) is 29.9 Å². The van der Waals surface area contributed by atoms with Crippen molar-refractivity contribution in [3.05, 3.63) is 62.6 Å². The minimum absolute atomic E-state index is 0.286. The number of para-hydroxylation sites is 1. The highest BCUT2D eigenvalue weighted by molar-refractivity contribution is 5.77. The fourth-order valence-electron chi connectivity index (χ4n) is 3.56. The molecular weight excluding hydrogens is 330 g/mol. The smallest absolute Gasteiger partial charge is 0.283 e. The largest absolute Gasteiger partial charge is 0.332 e. The number of aryl methyl sites for hydroxylation is 2. The van der Waals surface area contributed by atoms with Gasteiger partial charge in [0, 0.05) is 30.7 Å². The summed E-state index contributed by atoms with van der Waals surface area (Å²) in [5.74, 6) is 0.641. The van der Waals surface area contributed by atoms with Gasteiger partial charge in [-0.05, 0) is 32.4 Å². The molecule has 0 saturated heterocycles. The topological polar surface area (TPSA) is 66.2 Å². The van der Waals surface area contributed by atoms with Crippen molar-refractivity contribution in [3.63, 3.8) is 0 Å². The maximum absolute atomic E-state index is 13.1. The van der Waals surface area contributed by atoms with Crippen molar-refractivity contribution < 1.29 is 0 Å². The summed E-state index contributed by atoms with van der Waals surface area (Å²) in [6, 6.07) is 9.89. The summed E-state index contributed by atoms with van der Waals surface area (Å²) in [6.45, 7) is 6.32. The maximum Gasteiger partial charge on any atom is 0.332 e. The number of imidazole rings is 2. The summed E-state index contributed by atoms with van der Waals surface area (Å²) in [6.07, 6.45) is 0.714. The highest BCUT2D eigenvalue weighted by atomic mass is 16.2. The van der Waals surface area contributed by atoms with Crippen molar-refractivity contribution in [3.8, 4) is 5.69 Å². The Morgan fingerprint density at radius 3 is 2.38 bits per heavy atom. The van der Waals surface area contributed by atoms with Gasteiger partial charge in [-0.2, -0.15) is 4.98 Å². The predicted molar refractivity (Wildman–Crippen MR) is 101 cm³/mol.